The Morgan fingerprint density at radius 1 is 0.543 bits per heavy atom. The van der Waals surface area contributed by atoms with Gasteiger partial charge in [0.1, 0.15) is 0 Å². The molecular formula is C20H15BrF12O2. The topological polar surface area (TPSA) is 40.5 Å². The SMILES string of the molecule is Cc1ccc(C(O)(C(F)(F)F)C(F)(F)F)cc1.OC(c1ccc(CBr)cc1)(C(F)(F)F)C(F)(F)F. The highest BCUT2D eigenvalue weighted by Gasteiger charge is 2.72. The van der Waals surface area contributed by atoms with E-state index in [1.165, 1.54) is 6.92 Å². The Hall–Kier alpha value is -2.00. The third-order valence-corrected chi connectivity index (χ3v) is 5.28. The van der Waals surface area contributed by atoms with E-state index in [2.05, 4.69) is 15.9 Å². The first-order chi connectivity index (χ1) is 15.5. The zero-order valence-corrected chi connectivity index (χ0v) is 18.7. The molecule has 198 valence electrons. The van der Waals surface area contributed by atoms with Crippen LogP contribution < -0.4 is 0 Å². The smallest absolute Gasteiger partial charge is 0.369 e. The molecule has 0 saturated carbocycles. The van der Waals surface area contributed by atoms with E-state index in [-0.39, 0.29) is 5.33 Å². The van der Waals surface area contributed by atoms with Crippen molar-refractivity contribution in [1.82, 2.24) is 0 Å². The molecule has 0 saturated heterocycles. The van der Waals surface area contributed by atoms with Crippen molar-refractivity contribution in [2.24, 2.45) is 0 Å². The van der Waals surface area contributed by atoms with Gasteiger partial charge in [-0.25, -0.2) is 0 Å². The number of hydrogen-bond donors (Lipinski definition) is 2. The first kappa shape index (κ1) is 31.0. The van der Waals surface area contributed by atoms with Crippen molar-refractivity contribution in [3.63, 3.8) is 0 Å². The minimum atomic E-state index is -5.85. The molecule has 0 fully saturated rings. The van der Waals surface area contributed by atoms with Crippen LogP contribution >= 0.6 is 15.9 Å². The lowest BCUT2D eigenvalue weighted by Gasteiger charge is -2.32. The molecule has 0 aliphatic rings. The number of rotatable bonds is 3. The number of halogens is 13. The van der Waals surface area contributed by atoms with Crippen molar-refractivity contribution < 1.29 is 62.9 Å². The van der Waals surface area contributed by atoms with Crippen LogP contribution in [0.1, 0.15) is 22.3 Å². The van der Waals surface area contributed by atoms with Gasteiger partial charge in [0.05, 0.1) is 0 Å². The Kier molecular flexibility index (Phi) is 9.01. The Morgan fingerprint density at radius 3 is 1.03 bits per heavy atom. The summed E-state index contributed by atoms with van der Waals surface area (Å²) in [5.74, 6) is 0. The third kappa shape index (κ3) is 6.23. The van der Waals surface area contributed by atoms with Crippen LogP contribution in [-0.4, -0.2) is 34.9 Å². The lowest BCUT2D eigenvalue weighted by molar-refractivity contribution is -0.376. The van der Waals surface area contributed by atoms with Crippen LogP contribution in [0.2, 0.25) is 0 Å². The fraction of sp³-hybridized carbons (Fsp3) is 0.400. The van der Waals surface area contributed by atoms with Crippen molar-refractivity contribution in [3.05, 3.63) is 70.8 Å². The largest absolute Gasteiger partial charge is 0.430 e. The summed E-state index contributed by atoms with van der Waals surface area (Å²) in [7, 11) is 0. The molecule has 0 spiro atoms. The number of hydrogen-bond acceptors (Lipinski definition) is 2. The third-order valence-electron chi connectivity index (χ3n) is 4.64. The molecular weight excluding hydrogens is 580 g/mol. The van der Waals surface area contributed by atoms with E-state index in [9.17, 15) is 52.7 Å². The van der Waals surface area contributed by atoms with E-state index in [0.717, 1.165) is 24.3 Å². The quantitative estimate of drug-likeness (QED) is 0.291. The zero-order chi connectivity index (χ0) is 27.7. The monoisotopic (exact) mass is 594 g/mol. The highest BCUT2D eigenvalue weighted by molar-refractivity contribution is 9.08. The first-order valence-electron chi connectivity index (χ1n) is 8.98. The second-order valence-electron chi connectivity index (χ2n) is 7.11. The van der Waals surface area contributed by atoms with Crippen LogP contribution in [0.25, 0.3) is 0 Å². The first-order valence-corrected chi connectivity index (χ1v) is 10.1. The van der Waals surface area contributed by atoms with E-state index in [4.69, 9.17) is 10.2 Å². The van der Waals surface area contributed by atoms with Gasteiger partial charge in [0.25, 0.3) is 11.2 Å². The standard InChI is InChI=1S/C10H7BrF6O.C10H8F6O/c11-5-6-1-3-7(4-2-6)8(18,9(12,13)14)10(15,16)17;1-6-2-4-7(5-3-6)8(17,9(11,12)13)10(14,15)16/h1-4,18H,5H2;2-5,17H,1H3. The molecule has 0 aliphatic carbocycles. The van der Waals surface area contributed by atoms with Crippen molar-refractivity contribution in [2.45, 2.75) is 48.2 Å². The van der Waals surface area contributed by atoms with E-state index < -0.39 is 47.0 Å². The molecule has 35 heavy (non-hydrogen) atoms. The summed E-state index contributed by atoms with van der Waals surface area (Å²) in [6.07, 6.45) is -23.4. The molecule has 2 nitrogen and oxygen atoms in total. The van der Waals surface area contributed by atoms with Gasteiger partial charge in [0.15, 0.2) is 0 Å². The minimum absolute atomic E-state index is 0.281. The summed E-state index contributed by atoms with van der Waals surface area (Å²) in [6, 6.07) is 6.72. The number of alkyl halides is 13. The van der Waals surface area contributed by atoms with Crippen LogP contribution in [0.5, 0.6) is 0 Å². The van der Waals surface area contributed by atoms with Crippen LogP contribution in [0.3, 0.4) is 0 Å². The zero-order valence-electron chi connectivity index (χ0n) is 17.1. The fourth-order valence-corrected chi connectivity index (χ4v) is 2.98. The van der Waals surface area contributed by atoms with Gasteiger partial charge in [-0.15, -0.1) is 0 Å². The maximum Gasteiger partial charge on any atom is 0.430 e. The van der Waals surface area contributed by atoms with Crippen LogP contribution in [-0.2, 0) is 16.5 Å². The molecule has 2 rings (SSSR count). The molecule has 2 aromatic carbocycles. The number of aliphatic hydroxyl groups is 2. The summed E-state index contributed by atoms with van der Waals surface area (Å²) in [5, 5.41) is 18.3. The average Bonchev–Trinajstić information content (AvgIpc) is 2.70. The molecule has 2 N–H and O–H groups in total. The Bertz CT molecular complexity index is 931. The molecule has 0 bridgehead atoms. The fourth-order valence-electron chi connectivity index (χ4n) is 2.61. The van der Waals surface area contributed by atoms with Crippen LogP contribution in [0.15, 0.2) is 48.5 Å². The van der Waals surface area contributed by atoms with Crippen LogP contribution in [0, 0.1) is 6.92 Å². The van der Waals surface area contributed by atoms with Gasteiger partial charge < -0.3 is 10.2 Å². The molecule has 2 aromatic rings. The Morgan fingerprint density at radius 2 is 0.800 bits per heavy atom. The summed E-state index contributed by atoms with van der Waals surface area (Å²) in [4.78, 5) is 0. The maximum absolute atomic E-state index is 12.5. The highest BCUT2D eigenvalue weighted by atomic mass is 79.9. The van der Waals surface area contributed by atoms with Gasteiger partial charge >= 0.3 is 24.7 Å². The lowest BCUT2D eigenvalue weighted by atomic mass is 9.92. The maximum atomic E-state index is 12.5. The van der Waals surface area contributed by atoms with Crippen LogP contribution in [0.4, 0.5) is 52.7 Å². The number of aryl methyl sites for hydroxylation is 1. The van der Waals surface area contributed by atoms with Crippen molar-refractivity contribution >= 4 is 15.9 Å². The predicted octanol–water partition coefficient (Wildman–Crippen LogP) is 7.20. The Labute approximate surface area is 198 Å². The average molecular weight is 595 g/mol. The van der Waals surface area contributed by atoms with Gasteiger partial charge in [0.2, 0.25) is 0 Å². The van der Waals surface area contributed by atoms with Crippen molar-refractivity contribution in [2.75, 3.05) is 0 Å². The molecule has 0 radical (unpaired) electrons. The van der Waals surface area contributed by atoms with Gasteiger partial charge in [-0.2, -0.15) is 52.7 Å². The van der Waals surface area contributed by atoms with Gasteiger partial charge in [-0.1, -0.05) is 70.0 Å². The van der Waals surface area contributed by atoms with Gasteiger partial charge in [-0.3, -0.25) is 0 Å². The second-order valence-corrected chi connectivity index (χ2v) is 7.67. The van der Waals surface area contributed by atoms with Gasteiger partial charge in [-0.05, 0) is 12.5 Å². The molecule has 0 unspecified atom stereocenters. The second kappa shape index (κ2) is 10.2. The molecule has 15 heteroatoms. The molecule has 0 heterocycles. The van der Waals surface area contributed by atoms with Crippen molar-refractivity contribution in [3.8, 4) is 0 Å². The predicted molar refractivity (Wildman–Crippen MR) is 102 cm³/mol. The minimum Gasteiger partial charge on any atom is -0.369 e. The molecule has 0 atom stereocenters. The van der Waals surface area contributed by atoms with E-state index in [0.29, 0.717) is 35.4 Å². The van der Waals surface area contributed by atoms with E-state index >= 15 is 0 Å². The molecule has 0 amide bonds. The van der Waals surface area contributed by atoms with E-state index in [1.807, 2.05) is 0 Å². The highest BCUT2D eigenvalue weighted by Crippen LogP contribution is 2.51. The summed E-state index contributed by atoms with van der Waals surface area (Å²) in [5.41, 5.74) is -11.2. The summed E-state index contributed by atoms with van der Waals surface area (Å²) < 4.78 is 149. The van der Waals surface area contributed by atoms with E-state index in [1.54, 1.807) is 0 Å². The van der Waals surface area contributed by atoms with Crippen molar-refractivity contribution in [1.29, 1.82) is 0 Å². The van der Waals surface area contributed by atoms with Gasteiger partial charge in [0, 0.05) is 16.5 Å². The number of benzene rings is 2. The summed E-state index contributed by atoms with van der Waals surface area (Å²) in [6.45, 7) is 1.50. The normalized spacial score (nSPS) is 13.8. The summed E-state index contributed by atoms with van der Waals surface area (Å²) >= 11 is 3.00. The molecule has 0 aromatic heterocycles. The lowest BCUT2D eigenvalue weighted by Crippen LogP contribution is -2.53. The molecule has 0 aliphatic heterocycles. The Balaban J connectivity index is 0.000000351.